The van der Waals surface area contributed by atoms with E-state index in [0.29, 0.717) is 6.54 Å². The van der Waals surface area contributed by atoms with Gasteiger partial charge in [0, 0.05) is 41.2 Å². The Morgan fingerprint density at radius 3 is 2.69 bits per heavy atom. The van der Waals surface area contributed by atoms with E-state index in [9.17, 15) is 13.2 Å². The normalized spacial score (nSPS) is 11.7. The van der Waals surface area contributed by atoms with Crippen LogP contribution in [0.2, 0.25) is 0 Å². The lowest BCUT2D eigenvalue weighted by molar-refractivity contribution is -0.134. The predicted molar refractivity (Wildman–Crippen MR) is 127 cm³/mol. The number of thiophene rings is 1. The molecule has 0 aliphatic rings. The largest absolute Gasteiger partial charge is 0.466 e. The third kappa shape index (κ3) is 7.12. The molecule has 0 bridgehead atoms. The van der Waals surface area contributed by atoms with E-state index in [1.165, 1.54) is 23.6 Å². The number of hydrogen-bond acceptors (Lipinski definition) is 6. The van der Waals surface area contributed by atoms with Crippen molar-refractivity contribution in [2.24, 2.45) is 0 Å². The summed E-state index contributed by atoms with van der Waals surface area (Å²) in [6.07, 6.45) is 9.94. The smallest absolute Gasteiger partial charge is 0.330 e. The minimum Gasteiger partial charge on any atom is -0.466 e. The Labute approximate surface area is 193 Å². The molecule has 3 rings (SSSR count). The second-order valence-electron chi connectivity index (χ2n) is 7.16. The Balaban J connectivity index is 1.60. The van der Waals surface area contributed by atoms with Gasteiger partial charge < -0.3 is 4.74 Å². The number of methoxy groups -OCH3 is 1. The number of hydrogen-bond donors (Lipinski definition) is 1. The monoisotopic (exact) mass is 470 g/mol. The highest BCUT2D eigenvalue weighted by Gasteiger charge is 2.13. The van der Waals surface area contributed by atoms with Gasteiger partial charge in [0.05, 0.1) is 12.0 Å². The van der Waals surface area contributed by atoms with Gasteiger partial charge in [-0.3, -0.25) is 4.98 Å². The minimum absolute atomic E-state index is 0.277. The van der Waals surface area contributed by atoms with E-state index in [2.05, 4.69) is 20.5 Å². The van der Waals surface area contributed by atoms with Crippen molar-refractivity contribution >= 4 is 33.4 Å². The van der Waals surface area contributed by atoms with E-state index < -0.39 is 10.0 Å². The number of sulfonamides is 1. The standard InChI is InChI=1S/C24H26N2O4S2/c1-30-24(27)13-12-21-17-20(23(31-21)16-19-8-7-14-25-18-19)9-5-6-15-26-32(28,29)22-10-3-2-4-11-22/h2-4,7-8,10-14,17-18,26H,5-6,9,15-16H2,1H3/b13-12+. The molecule has 0 aliphatic heterocycles. The van der Waals surface area contributed by atoms with Crippen LogP contribution in [-0.2, 0) is 32.4 Å². The number of aromatic nitrogens is 1. The molecule has 3 aromatic rings. The van der Waals surface area contributed by atoms with Crippen molar-refractivity contribution in [3.63, 3.8) is 0 Å². The number of carbonyl (C=O) groups is 1. The minimum atomic E-state index is -3.48. The number of esters is 1. The van der Waals surface area contributed by atoms with Gasteiger partial charge in [-0.05, 0) is 60.7 Å². The number of carbonyl (C=O) groups excluding carboxylic acids is 1. The Hall–Kier alpha value is -2.81. The second kappa shape index (κ2) is 11.7. The van der Waals surface area contributed by atoms with Crippen molar-refractivity contribution in [2.45, 2.75) is 30.6 Å². The number of ether oxygens (including phenoxy) is 1. The zero-order valence-electron chi connectivity index (χ0n) is 17.9. The quantitative estimate of drug-likeness (QED) is 0.258. The topological polar surface area (TPSA) is 85.4 Å². The average molecular weight is 471 g/mol. The summed E-state index contributed by atoms with van der Waals surface area (Å²) in [5.74, 6) is -0.389. The van der Waals surface area contributed by atoms with Gasteiger partial charge in [-0.25, -0.2) is 17.9 Å². The fourth-order valence-corrected chi connectivity index (χ4v) is 5.42. The van der Waals surface area contributed by atoms with E-state index in [4.69, 9.17) is 0 Å². The Morgan fingerprint density at radius 2 is 1.97 bits per heavy atom. The molecule has 6 nitrogen and oxygen atoms in total. The van der Waals surface area contributed by atoms with Crippen molar-refractivity contribution in [1.29, 1.82) is 0 Å². The van der Waals surface area contributed by atoms with Gasteiger partial charge in [0.25, 0.3) is 0 Å². The van der Waals surface area contributed by atoms with Crippen LogP contribution in [-0.4, -0.2) is 33.0 Å². The lowest BCUT2D eigenvalue weighted by Crippen LogP contribution is -2.24. The van der Waals surface area contributed by atoms with Gasteiger partial charge in [0.15, 0.2) is 0 Å². The first-order valence-electron chi connectivity index (χ1n) is 10.3. The zero-order chi connectivity index (χ0) is 22.8. The van der Waals surface area contributed by atoms with Crippen molar-refractivity contribution in [2.75, 3.05) is 13.7 Å². The fourth-order valence-electron chi connectivity index (χ4n) is 3.17. The number of benzene rings is 1. The molecule has 32 heavy (non-hydrogen) atoms. The van der Waals surface area contributed by atoms with Crippen LogP contribution in [0.3, 0.4) is 0 Å². The molecule has 8 heteroatoms. The Bertz CT molecular complexity index is 1140. The summed E-state index contributed by atoms with van der Waals surface area (Å²) >= 11 is 1.64. The third-order valence-corrected chi connectivity index (χ3v) is 7.43. The van der Waals surface area contributed by atoms with Gasteiger partial charge in [-0.1, -0.05) is 24.3 Å². The number of rotatable bonds is 11. The molecular weight excluding hydrogens is 444 g/mol. The second-order valence-corrected chi connectivity index (χ2v) is 10.1. The molecule has 1 N–H and O–H groups in total. The summed E-state index contributed by atoms with van der Waals surface area (Å²) in [5.41, 5.74) is 2.32. The molecular formula is C24H26N2O4S2. The summed E-state index contributed by atoms with van der Waals surface area (Å²) in [5, 5.41) is 0. The fraction of sp³-hybridized carbons (Fsp3) is 0.250. The maximum atomic E-state index is 12.3. The summed E-state index contributed by atoms with van der Waals surface area (Å²) in [6, 6.07) is 14.4. The molecule has 1 aromatic carbocycles. The van der Waals surface area contributed by atoms with Gasteiger partial charge in [-0.15, -0.1) is 11.3 Å². The molecule has 0 atom stereocenters. The van der Waals surface area contributed by atoms with E-state index in [1.54, 1.807) is 53.9 Å². The SMILES string of the molecule is COC(=O)/C=C/c1cc(CCCCNS(=O)(=O)c2ccccc2)c(Cc2cccnc2)s1. The summed E-state index contributed by atoms with van der Waals surface area (Å²) in [4.78, 5) is 18.1. The van der Waals surface area contributed by atoms with Crippen molar-refractivity contribution in [1.82, 2.24) is 9.71 Å². The van der Waals surface area contributed by atoms with E-state index in [1.807, 2.05) is 18.3 Å². The number of nitrogens with zero attached hydrogens (tertiary/aromatic N) is 1. The molecule has 2 heterocycles. The van der Waals surface area contributed by atoms with Crippen molar-refractivity contribution in [3.05, 3.63) is 87.9 Å². The Morgan fingerprint density at radius 1 is 1.16 bits per heavy atom. The molecule has 0 saturated heterocycles. The molecule has 2 aromatic heterocycles. The molecule has 0 amide bonds. The highest BCUT2D eigenvalue weighted by Crippen LogP contribution is 2.27. The number of aryl methyl sites for hydroxylation is 1. The maximum Gasteiger partial charge on any atom is 0.330 e. The summed E-state index contributed by atoms with van der Waals surface area (Å²) in [6.45, 7) is 0.383. The first kappa shape index (κ1) is 23.8. The van der Waals surface area contributed by atoms with E-state index >= 15 is 0 Å². The molecule has 0 saturated carbocycles. The highest BCUT2D eigenvalue weighted by molar-refractivity contribution is 7.89. The van der Waals surface area contributed by atoms with Crippen LogP contribution >= 0.6 is 11.3 Å². The molecule has 0 spiro atoms. The number of pyridine rings is 1. The molecule has 0 fully saturated rings. The number of unbranched alkanes of at least 4 members (excludes halogenated alkanes) is 1. The van der Waals surface area contributed by atoms with Crippen LogP contribution in [0.4, 0.5) is 0 Å². The maximum absolute atomic E-state index is 12.3. The van der Waals surface area contributed by atoms with Crippen LogP contribution in [0.25, 0.3) is 6.08 Å². The lowest BCUT2D eigenvalue weighted by Gasteiger charge is -2.07. The van der Waals surface area contributed by atoms with Crippen molar-refractivity contribution in [3.8, 4) is 0 Å². The molecule has 0 unspecified atom stereocenters. The first-order valence-corrected chi connectivity index (χ1v) is 12.6. The molecule has 0 aliphatic carbocycles. The average Bonchev–Trinajstić information content (AvgIpc) is 3.19. The van der Waals surface area contributed by atoms with E-state index in [0.717, 1.165) is 36.1 Å². The van der Waals surface area contributed by atoms with Crippen LogP contribution < -0.4 is 4.72 Å². The van der Waals surface area contributed by atoms with Crippen molar-refractivity contribution < 1.29 is 17.9 Å². The Kier molecular flexibility index (Phi) is 8.72. The first-order chi connectivity index (χ1) is 15.5. The molecule has 0 radical (unpaired) electrons. The van der Waals surface area contributed by atoms with Crippen LogP contribution in [0, 0.1) is 0 Å². The van der Waals surface area contributed by atoms with Gasteiger partial charge in [0.1, 0.15) is 0 Å². The van der Waals surface area contributed by atoms with E-state index in [-0.39, 0.29) is 10.9 Å². The highest BCUT2D eigenvalue weighted by atomic mass is 32.2. The van der Waals surface area contributed by atoms with Crippen LogP contribution in [0.1, 0.15) is 33.7 Å². The van der Waals surface area contributed by atoms with Gasteiger partial charge >= 0.3 is 5.97 Å². The van der Waals surface area contributed by atoms with Crippen LogP contribution in [0.5, 0.6) is 0 Å². The number of nitrogens with one attached hydrogen (secondary N) is 1. The molecule has 168 valence electrons. The zero-order valence-corrected chi connectivity index (χ0v) is 19.5. The lowest BCUT2D eigenvalue weighted by atomic mass is 10.0. The van der Waals surface area contributed by atoms with Crippen LogP contribution in [0.15, 0.2) is 71.9 Å². The third-order valence-electron chi connectivity index (χ3n) is 4.81. The summed E-state index contributed by atoms with van der Waals surface area (Å²) in [7, 11) is -2.12. The predicted octanol–water partition coefficient (Wildman–Crippen LogP) is 4.22. The summed E-state index contributed by atoms with van der Waals surface area (Å²) < 4.78 is 32.0. The van der Waals surface area contributed by atoms with Gasteiger partial charge in [0.2, 0.25) is 10.0 Å². The van der Waals surface area contributed by atoms with Gasteiger partial charge in [-0.2, -0.15) is 0 Å².